The van der Waals surface area contributed by atoms with Crippen LogP contribution in [0.25, 0.3) is 0 Å². The maximum atomic E-state index is 6.35. The van der Waals surface area contributed by atoms with Crippen LogP contribution in [-0.2, 0) is 11.8 Å². The first kappa shape index (κ1) is 14.5. The van der Waals surface area contributed by atoms with Crippen LogP contribution in [0.5, 0.6) is 0 Å². The molecule has 0 amide bonds. The van der Waals surface area contributed by atoms with Gasteiger partial charge in [0.15, 0.2) is 0 Å². The van der Waals surface area contributed by atoms with Gasteiger partial charge in [-0.2, -0.15) is 0 Å². The summed E-state index contributed by atoms with van der Waals surface area (Å²) in [6.45, 7) is 0. The molecule has 0 aliphatic rings. The van der Waals surface area contributed by atoms with Crippen LogP contribution in [0, 0.1) is 0 Å². The summed E-state index contributed by atoms with van der Waals surface area (Å²) in [4.78, 5) is 5.42. The van der Waals surface area contributed by atoms with E-state index in [2.05, 4.69) is 42.9 Å². The molecule has 0 N–H and O–H groups in total. The van der Waals surface area contributed by atoms with Gasteiger partial charge in [0.05, 0.1) is 5.51 Å². The average Bonchev–Trinajstić information content (AvgIpc) is 2.90. The fraction of sp³-hybridized carbons (Fsp3) is 0.308. The fourth-order valence-electron chi connectivity index (χ4n) is 1.92. The van der Waals surface area contributed by atoms with E-state index in [9.17, 15) is 0 Å². The molecule has 0 fully saturated rings. The lowest BCUT2D eigenvalue weighted by Gasteiger charge is -2.31. The number of nitrogens with zero attached hydrogens (tertiary/aromatic N) is 1. The highest BCUT2D eigenvalue weighted by molar-refractivity contribution is 9.09. The Hall–Kier alpha value is 0.1000. The number of thiazole rings is 1. The highest BCUT2D eigenvalue weighted by Gasteiger charge is 2.32. The normalized spacial score (nSPS) is 11.7. The van der Waals surface area contributed by atoms with Gasteiger partial charge in [0.2, 0.25) is 0 Å². The molecule has 5 heteroatoms. The van der Waals surface area contributed by atoms with Crippen LogP contribution >= 0.6 is 54.8 Å². The first-order valence-corrected chi connectivity index (χ1v) is 8.96. The Balaban J connectivity index is 2.40. The molecule has 0 bridgehead atoms. The highest BCUT2D eigenvalue weighted by atomic mass is 79.9. The Kier molecular flexibility index (Phi) is 5.24. The predicted molar refractivity (Wildman–Crippen MR) is 86.5 cm³/mol. The summed E-state index contributed by atoms with van der Waals surface area (Å²) < 4.78 is 0. The molecule has 0 aliphatic heterocycles. The minimum atomic E-state index is -0.0368. The van der Waals surface area contributed by atoms with E-state index in [1.807, 2.05) is 29.9 Å². The third-order valence-electron chi connectivity index (χ3n) is 2.95. The number of halogens is 3. The molecule has 0 saturated heterocycles. The van der Waals surface area contributed by atoms with Gasteiger partial charge in [0.25, 0.3) is 0 Å². The number of alkyl halides is 2. The lowest BCUT2D eigenvalue weighted by atomic mass is 9.81. The standard InChI is InChI=1S/C13H12Br2ClNS/c14-7-13(8-15,5-10-6-17-9-18-10)11-3-1-2-4-12(11)16/h1-4,6,9H,5,7-8H2. The van der Waals surface area contributed by atoms with Crippen LogP contribution in [0.1, 0.15) is 10.4 Å². The van der Waals surface area contributed by atoms with Crippen molar-refractivity contribution in [3.63, 3.8) is 0 Å². The van der Waals surface area contributed by atoms with Crippen molar-refractivity contribution in [1.82, 2.24) is 4.98 Å². The summed E-state index contributed by atoms with van der Waals surface area (Å²) in [5.41, 5.74) is 3.01. The molecule has 1 heterocycles. The lowest BCUT2D eigenvalue weighted by Crippen LogP contribution is -2.33. The second-order valence-corrected chi connectivity index (χ2v) is 6.67. The van der Waals surface area contributed by atoms with E-state index in [1.165, 1.54) is 10.4 Å². The molecule has 0 radical (unpaired) electrons. The molecular formula is C13H12Br2ClNS. The SMILES string of the molecule is Clc1ccccc1C(CBr)(CBr)Cc1cncs1. The molecule has 2 rings (SSSR count). The molecule has 0 unspecified atom stereocenters. The smallest absolute Gasteiger partial charge is 0.0794 e. The Morgan fingerprint density at radius 2 is 1.94 bits per heavy atom. The Morgan fingerprint density at radius 3 is 2.50 bits per heavy atom. The number of rotatable bonds is 5. The third kappa shape index (κ3) is 2.98. The fourth-order valence-corrected chi connectivity index (χ4v) is 4.93. The molecule has 1 aromatic carbocycles. The molecule has 0 atom stereocenters. The van der Waals surface area contributed by atoms with E-state index in [0.29, 0.717) is 0 Å². The molecule has 0 aliphatic carbocycles. The maximum Gasteiger partial charge on any atom is 0.0794 e. The van der Waals surface area contributed by atoms with Gasteiger partial charge in [0, 0.05) is 32.2 Å². The summed E-state index contributed by atoms with van der Waals surface area (Å²) in [6.07, 6.45) is 2.86. The Morgan fingerprint density at radius 1 is 1.22 bits per heavy atom. The van der Waals surface area contributed by atoms with Crippen LogP contribution < -0.4 is 0 Å². The van der Waals surface area contributed by atoms with E-state index in [0.717, 1.165) is 22.1 Å². The minimum absolute atomic E-state index is 0.0368. The largest absolute Gasteiger partial charge is 0.253 e. The molecule has 1 aromatic heterocycles. The van der Waals surface area contributed by atoms with E-state index >= 15 is 0 Å². The zero-order chi connectivity index (χ0) is 13.0. The van der Waals surface area contributed by atoms with Gasteiger partial charge in [-0.25, -0.2) is 0 Å². The molecule has 0 saturated carbocycles. The summed E-state index contributed by atoms with van der Waals surface area (Å²) in [7, 11) is 0. The maximum absolute atomic E-state index is 6.35. The zero-order valence-corrected chi connectivity index (χ0v) is 14.3. The van der Waals surface area contributed by atoms with Crippen molar-refractivity contribution in [2.75, 3.05) is 10.7 Å². The van der Waals surface area contributed by atoms with Crippen LogP contribution in [0.4, 0.5) is 0 Å². The first-order valence-electron chi connectivity index (χ1n) is 5.46. The van der Waals surface area contributed by atoms with Crippen LogP contribution in [0.3, 0.4) is 0 Å². The average molecular weight is 410 g/mol. The first-order chi connectivity index (χ1) is 8.72. The summed E-state index contributed by atoms with van der Waals surface area (Å²) in [6, 6.07) is 8.05. The van der Waals surface area contributed by atoms with Crippen molar-refractivity contribution in [3.8, 4) is 0 Å². The summed E-state index contributed by atoms with van der Waals surface area (Å²) in [5.74, 6) is 0. The second kappa shape index (κ2) is 6.51. The molecular weight excluding hydrogens is 397 g/mol. The number of hydrogen-bond acceptors (Lipinski definition) is 2. The van der Waals surface area contributed by atoms with Gasteiger partial charge >= 0.3 is 0 Å². The van der Waals surface area contributed by atoms with Gasteiger partial charge in [-0.3, -0.25) is 4.98 Å². The van der Waals surface area contributed by atoms with Crippen molar-refractivity contribution in [3.05, 3.63) is 51.4 Å². The van der Waals surface area contributed by atoms with Crippen molar-refractivity contribution in [2.24, 2.45) is 0 Å². The van der Waals surface area contributed by atoms with Gasteiger partial charge in [-0.05, 0) is 18.1 Å². The molecule has 2 aromatic rings. The van der Waals surface area contributed by atoms with E-state index < -0.39 is 0 Å². The molecule has 18 heavy (non-hydrogen) atoms. The van der Waals surface area contributed by atoms with Crippen LogP contribution in [0.2, 0.25) is 5.02 Å². The van der Waals surface area contributed by atoms with Gasteiger partial charge in [-0.15, -0.1) is 11.3 Å². The van der Waals surface area contributed by atoms with Crippen molar-refractivity contribution in [2.45, 2.75) is 11.8 Å². The Bertz CT molecular complexity index is 497. The van der Waals surface area contributed by atoms with Crippen molar-refractivity contribution >= 4 is 54.8 Å². The third-order valence-corrected chi connectivity index (χ3v) is 6.21. The lowest BCUT2D eigenvalue weighted by molar-refractivity contribution is 0.556. The van der Waals surface area contributed by atoms with Crippen LogP contribution in [-0.4, -0.2) is 15.6 Å². The highest BCUT2D eigenvalue weighted by Crippen LogP contribution is 2.37. The summed E-state index contributed by atoms with van der Waals surface area (Å²) >= 11 is 15.3. The molecule has 96 valence electrons. The van der Waals surface area contributed by atoms with Gasteiger partial charge in [-0.1, -0.05) is 61.7 Å². The number of hydrogen-bond donors (Lipinski definition) is 0. The minimum Gasteiger partial charge on any atom is -0.253 e. The number of benzene rings is 1. The second-order valence-electron chi connectivity index (χ2n) is 4.17. The zero-order valence-electron chi connectivity index (χ0n) is 9.57. The van der Waals surface area contributed by atoms with E-state index in [-0.39, 0.29) is 5.41 Å². The monoisotopic (exact) mass is 407 g/mol. The predicted octanol–water partition coefficient (Wildman–Crippen LogP) is 5.07. The van der Waals surface area contributed by atoms with Gasteiger partial charge < -0.3 is 0 Å². The summed E-state index contributed by atoms with van der Waals surface area (Å²) in [5, 5.41) is 2.53. The topological polar surface area (TPSA) is 12.9 Å². The van der Waals surface area contributed by atoms with Crippen molar-refractivity contribution in [1.29, 1.82) is 0 Å². The quantitative estimate of drug-likeness (QED) is 0.629. The van der Waals surface area contributed by atoms with Crippen molar-refractivity contribution < 1.29 is 0 Å². The van der Waals surface area contributed by atoms with E-state index in [1.54, 1.807) is 11.3 Å². The van der Waals surface area contributed by atoms with Crippen LogP contribution in [0.15, 0.2) is 36.0 Å². The van der Waals surface area contributed by atoms with Gasteiger partial charge in [0.1, 0.15) is 0 Å². The number of aromatic nitrogens is 1. The molecule has 0 spiro atoms. The molecule has 1 nitrogen and oxygen atoms in total. The van der Waals surface area contributed by atoms with E-state index in [4.69, 9.17) is 11.6 Å². The Labute approximate surface area is 133 Å².